The molecule has 0 aliphatic rings. The average Bonchev–Trinajstić information content (AvgIpc) is 3.06. The first kappa shape index (κ1) is 36.1. The van der Waals surface area contributed by atoms with Gasteiger partial charge >= 0.3 is 6.18 Å². The van der Waals surface area contributed by atoms with E-state index in [1.165, 1.54) is 59.5 Å². The van der Waals surface area contributed by atoms with E-state index in [9.17, 15) is 35.6 Å². The Morgan fingerprint density at radius 2 is 1.50 bits per heavy atom. The van der Waals surface area contributed by atoms with Crippen LogP contribution in [0.2, 0.25) is 0 Å². The summed E-state index contributed by atoms with van der Waals surface area (Å²) in [6, 6.07) is 22.1. The first-order valence-electron chi connectivity index (χ1n) is 15.3. The first-order chi connectivity index (χ1) is 22.7. The Labute approximate surface area is 278 Å². The molecule has 0 unspecified atom stereocenters. The Balaban J connectivity index is 1.84. The highest BCUT2D eigenvalue weighted by Gasteiger charge is 2.36. The second-order valence-corrected chi connectivity index (χ2v) is 13.4. The molecule has 0 fully saturated rings. The lowest BCUT2D eigenvalue weighted by Crippen LogP contribution is -2.54. The molecule has 0 spiro atoms. The van der Waals surface area contributed by atoms with Gasteiger partial charge in [-0.2, -0.15) is 13.2 Å². The summed E-state index contributed by atoms with van der Waals surface area (Å²) in [7, 11) is -4.60. The van der Waals surface area contributed by atoms with Crippen molar-refractivity contribution in [1.29, 1.82) is 0 Å². The molecule has 0 aliphatic heterocycles. The molecule has 4 aromatic carbocycles. The molecular formula is C36H37F4N3O4S. The van der Waals surface area contributed by atoms with Crippen LogP contribution in [-0.2, 0) is 38.8 Å². The zero-order valence-corrected chi connectivity index (χ0v) is 27.6. The average molecular weight is 684 g/mol. The molecule has 0 saturated heterocycles. The third-order valence-electron chi connectivity index (χ3n) is 7.89. The van der Waals surface area contributed by atoms with Crippen LogP contribution in [0.1, 0.15) is 42.5 Å². The fourth-order valence-electron chi connectivity index (χ4n) is 4.99. The zero-order valence-electron chi connectivity index (χ0n) is 26.7. The van der Waals surface area contributed by atoms with Crippen molar-refractivity contribution in [3.63, 3.8) is 0 Å². The lowest BCUT2D eigenvalue weighted by atomic mass is 10.0. The molecule has 0 bridgehead atoms. The topological polar surface area (TPSA) is 86.8 Å². The van der Waals surface area contributed by atoms with Crippen LogP contribution in [0.15, 0.2) is 108 Å². The molecule has 0 aliphatic carbocycles. The van der Waals surface area contributed by atoms with Crippen molar-refractivity contribution >= 4 is 27.5 Å². The number of hydrogen-bond donors (Lipinski definition) is 1. The fourth-order valence-corrected chi connectivity index (χ4v) is 6.39. The van der Waals surface area contributed by atoms with Gasteiger partial charge in [-0.05, 0) is 73.9 Å². The number of halogens is 4. The van der Waals surface area contributed by atoms with Gasteiger partial charge in [0, 0.05) is 19.0 Å². The van der Waals surface area contributed by atoms with Crippen LogP contribution in [-0.4, -0.2) is 43.8 Å². The predicted octanol–water partition coefficient (Wildman–Crippen LogP) is 6.90. The number of aryl methyl sites for hydroxylation is 1. The summed E-state index contributed by atoms with van der Waals surface area (Å²) in [4.78, 5) is 29.3. The van der Waals surface area contributed by atoms with Crippen LogP contribution in [0.25, 0.3) is 0 Å². The quantitative estimate of drug-likeness (QED) is 0.155. The van der Waals surface area contributed by atoms with Gasteiger partial charge in [0.2, 0.25) is 11.8 Å². The second-order valence-electron chi connectivity index (χ2n) is 11.5. The Hall–Kier alpha value is -4.71. The van der Waals surface area contributed by atoms with E-state index >= 15 is 0 Å². The van der Waals surface area contributed by atoms with E-state index < -0.39 is 52.0 Å². The van der Waals surface area contributed by atoms with Crippen LogP contribution in [0.3, 0.4) is 0 Å². The molecule has 7 nitrogen and oxygen atoms in total. The normalized spacial score (nSPS) is 13.0. The summed E-state index contributed by atoms with van der Waals surface area (Å²) in [5, 5.41) is 2.90. The van der Waals surface area contributed by atoms with Crippen LogP contribution in [0, 0.1) is 12.7 Å². The van der Waals surface area contributed by atoms with E-state index in [1.54, 1.807) is 44.2 Å². The van der Waals surface area contributed by atoms with Crippen LogP contribution in [0.5, 0.6) is 0 Å². The number of sulfonamides is 1. The number of amides is 2. The van der Waals surface area contributed by atoms with Crippen LogP contribution >= 0.6 is 0 Å². The summed E-state index contributed by atoms with van der Waals surface area (Å²) in [5.41, 5.74) is 0.419. The Bertz CT molecular complexity index is 1800. The maximum atomic E-state index is 14.4. The molecule has 0 heterocycles. The molecule has 2 atom stereocenters. The molecule has 48 heavy (non-hydrogen) atoms. The number of hydrogen-bond acceptors (Lipinski definition) is 4. The first-order valence-corrected chi connectivity index (χ1v) is 16.8. The lowest BCUT2D eigenvalue weighted by Gasteiger charge is -2.34. The van der Waals surface area contributed by atoms with Gasteiger partial charge in [0.05, 0.1) is 16.1 Å². The molecule has 0 radical (unpaired) electrons. The molecule has 4 rings (SSSR count). The molecule has 4 aromatic rings. The van der Waals surface area contributed by atoms with E-state index in [4.69, 9.17) is 0 Å². The number of alkyl halides is 3. The SMILES string of the molecule is CC[C@@H](C)NC(=O)[C@H](Cc1ccccc1)N(Cc1ccc(F)cc1)C(=O)CN(c1cccc(C(F)(F)F)c1)S(=O)(=O)c1ccc(C)cc1. The smallest absolute Gasteiger partial charge is 0.352 e. The van der Waals surface area contributed by atoms with E-state index in [-0.39, 0.29) is 29.6 Å². The number of benzene rings is 4. The van der Waals surface area contributed by atoms with Crippen molar-refractivity contribution in [3.8, 4) is 0 Å². The van der Waals surface area contributed by atoms with Crippen molar-refractivity contribution < 1.29 is 35.6 Å². The van der Waals surface area contributed by atoms with Gasteiger partial charge in [-0.1, -0.05) is 73.2 Å². The zero-order chi connectivity index (χ0) is 35.1. The molecule has 254 valence electrons. The minimum Gasteiger partial charge on any atom is -0.352 e. The van der Waals surface area contributed by atoms with Crippen molar-refractivity contribution in [2.45, 2.75) is 63.3 Å². The van der Waals surface area contributed by atoms with E-state index in [1.807, 2.05) is 6.92 Å². The van der Waals surface area contributed by atoms with E-state index in [0.717, 1.165) is 17.7 Å². The van der Waals surface area contributed by atoms with Gasteiger partial charge in [0.25, 0.3) is 10.0 Å². The Morgan fingerprint density at radius 3 is 2.10 bits per heavy atom. The molecule has 12 heteroatoms. The van der Waals surface area contributed by atoms with Gasteiger partial charge in [-0.15, -0.1) is 0 Å². The summed E-state index contributed by atoms with van der Waals surface area (Å²) >= 11 is 0. The largest absolute Gasteiger partial charge is 0.416 e. The number of nitrogens with zero attached hydrogens (tertiary/aromatic N) is 2. The Morgan fingerprint density at radius 1 is 0.854 bits per heavy atom. The highest BCUT2D eigenvalue weighted by Crippen LogP contribution is 2.33. The lowest BCUT2D eigenvalue weighted by molar-refractivity contribution is -0.140. The van der Waals surface area contributed by atoms with Crippen molar-refractivity contribution in [1.82, 2.24) is 10.2 Å². The Kier molecular flexibility index (Phi) is 11.6. The van der Waals surface area contributed by atoms with Gasteiger partial charge in [-0.3, -0.25) is 13.9 Å². The van der Waals surface area contributed by atoms with Crippen LogP contribution in [0.4, 0.5) is 23.2 Å². The number of rotatable bonds is 13. The maximum absolute atomic E-state index is 14.4. The fraction of sp³-hybridized carbons (Fsp3) is 0.278. The van der Waals surface area contributed by atoms with Crippen molar-refractivity contribution in [2.24, 2.45) is 0 Å². The van der Waals surface area contributed by atoms with E-state index in [2.05, 4.69) is 5.32 Å². The highest BCUT2D eigenvalue weighted by molar-refractivity contribution is 7.92. The van der Waals surface area contributed by atoms with Gasteiger partial charge in [0.1, 0.15) is 18.4 Å². The van der Waals surface area contributed by atoms with Crippen molar-refractivity contribution in [2.75, 3.05) is 10.8 Å². The summed E-state index contributed by atoms with van der Waals surface area (Å²) < 4.78 is 84.0. The number of carbonyl (C=O) groups excluding carboxylic acids is 2. The third kappa shape index (κ3) is 9.21. The molecule has 2 amide bonds. The number of nitrogens with one attached hydrogen (secondary N) is 1. The summed E-state index contributed by atoms with van der Waals surface area (Å²) in [6.45, 7) is 4.27. The van der Waals surface area contributed by atoms with Gasteiger partial charge < -0.3 is 10.2 Å². The standard InChI is InChI=1S/C36H37F4N3O4S/c1-4-26(3)41-35(45)33(21-27-9-6-5-7-10-27)42(23-28-15-17-30(37)18-16-28)34(44)24-43(31-12-8-11-29(22-31)36(38,39)40)48(46,47)32-19-13-25(2)14-20-32/h5-20,22,26,33H,4,21,23-24H2,1-3H3,(H,41,45)/t26-,33+/m1/s1. The van der Waals surface area contributed by atoms with Gasteiger partial charge in [-0.25, -0.2) is 12.8 Å². The van der Waals surface area contributed by atoms with Crippen LogP contribution < -0.4 is 9.62 Å². The van der Waals surface area contributed by atoms with E-state index in [0.29, 0.717) is 27.9 Å². The number of anilines is 1. The van der Waals surface area contributed by atoms with Crippen molar-refractivity contribution in [3.05, 3.63) is 131 Å². The summed E-state index contributed by atoms with van der Waals surface area (Å²) in [5.74, 6) is -1.88. The monoisotopic (exact) mass is 683 g/mol. The highest BCUT2D eigenvalue weighted by atomic mass is 32.2. The molecule has 0 saturated carbocycles. The third-order valence-corrected chi connectivity index (χ3v) is 9.68. The number of carbonyl (C=O) groups is 2. The minimum absolute atomic E-state index is 0.0459. The summed E-state index contributed by atoms with van der Waals surface area (Å²) in [6.07, 6.45) is -4.15. The molecule has 1 N–H and O–H groups in total. The second kappa shape index (κ2) is 15.5. The molecular weight excluding hydrogens is 646 g/mol. The predicted molar refractivity (Wildman–Crippen MR) is 176 cm³/mol. The molecule has 0 aromatic heterocycles. The maximum Gasteiger partial charge on any atom is 0.416 e. The minimum atomic E-state index is -4.79. The van der Waals surface area contributed by atoms with Gasteiger partial charge in [0.15, 0.2) is 0 Å².